The van der Waals surface area contributed by atoms with Crippen LogP contribution in [-0.4, -0.2) is 18.0 Å². The molecule has 1 nitrogen and oxygen atoms in total. The summed E-state index contributed by atoms with van der Waals surface area (Å²) in [6.07, 6.45) is 8.86. The van der Waals surface area contributed by atoms with Crippen LogP contribution in [-0.2, 0) is 0 Å². The van der Waals surface area contributed by atoms with Gasteiger partial charge in [-0.25, -0.2) is 0 Å². The van der Waals surface area contributed by atoms with E-state index in [2.05, 4.69) is 24.2 Å². The highest BCUT2D eigenvalue weighted by molar-refractivity contribution is 5.06. The first-order valence-electron chi connectivity index (χ1n) is 3.78. The van der Waals surface area contributed by atoms with Crippen LogP contribution < -0.4 is 0 Å². The highest BCUT2D eigenvalue weighted by Gasteiger charge is 2.30. The lowest BCUT2D eigenvalue weighted by atomic mass is 10.1. The summed E-state index contributed by atoms with van der Waals surface area (Å²) in [5, 5.41) is 0. The molecule has 50 valence electrons. The summed E-state index contributed by atoms with van der Waals surface area (Å²) in [7, 11) is 2.19. The maximum Gasteiger partial charge on any atom is 0.0344 e. The van der Waals surface area contributed by atoms with Crippen molar-refractivity contribution in [2.75, 3.05) is 7.05 Å². The lowest BCUT2D eigenvalue weighted by Crippen LogP contribution is -2.23. The van der Waals surface area contributed by atoms with Gasteiger partial charge in [0.15, 0.2) is 0 Å². The van der Waals surface area contributed by atoms with Crippen molar-refractivity contribution in [3.8, 4) is 0 Å². The first-order chi connectivity index (χ1) is 4.38. The molecule has 1 heteroatoms. The van der Waals surface area contributed by atoms with Crippen LogP contribution in [0.15, 0.2) is 12.3 Å². The van der Waals surface area contributed by atoms with Gasteiger partial charge in [-0.05, 0) is 25.0 Å². The highest BCUT2D eigenvalue weighted by Crippen LogP contribution is 2.34. The number of rotatable bonds is 0. The zero-order chi connectivity index (χ0) is 6.27. The summed E-state index contributed by atoms with van der Waals surface area (Å²) in [6.45, 7) is 0. The summed E-state index contributed by atoms with van der Waals surface area (Å²) in [6, 6.07) is 0.866. The Morgan fingerprint density at radius 1 is 1.44 bits per heavy atom. The molecule has 0 aromatic rings. The smallest absolute Gasteiger partial charge is 0.0344 e. The fraction of sp³-hybridized carbons (Fsp3) is 0.750. The third-order valence-electron chi connectivity index (χ3n) is 2.62. The molecule has 0 bridgehead atoms. The number of hydrogen-bond donors (Lipinski definition) is 0. The van der Waals surface area contributed by atoms with Crippen LogP contribution in [0.3, 0.4) is 0 Å². The third kappa shape index (κ3) is 0.673. The second-order valence-electron chi connectivity index (χ2n) is 3.17. The predicted octanol–water partition coefficient (Wildman–Crippen LogP) is 1.61. The topological polar surface area (TPSA) is 3.24 Å². The van der Waals surface area contributed by atoms with Crippen LogP contribution in [0.1, 0.15) is 19.3 Å². The molecule has 2 rings (SSSR count). The Labute approximate surface area is 56.4 Å². The van der Waals surface area contributed by atoms with E-state index < -0.39 is 0 Å². The minimum absolute atomic E-state index is 0.866. The number of fused-ring (bicyclic) bond motifs is 1. The van der Waals surface area contributed by atoms with Crippen molar-refractivity contribution < 1.29 is 0 Å². The molecular weight excluding hydrogens is 110 g/mol. The molecular formula is C8H13N. The monoisotopic (exact) mass is 123 g/mol. The van der Waals surface area contributed by atoms with E-state index in [9.17, 15) is 0 Å². The van der Waals surface area contributed by atoms with E-state index in [1.807, 2.05) is 0 Å². The number of hydrogen-bond acceptors (Lipinski definition) is 1. The van der Waals surface area contributed by atoms with Gasteiger partial charge in [-0.3, -0.25) is 0 Å². The van der Waals surface area contributed by atoms with Gasteiger partial charge in [-0.15, -0.1) is 0 Å². The van der Waals surface area contributed by atoms with Gasteiger partial charge < -0.3 is 4.90 Å². The highest BCUT2D eigenvalue weighted by atomic mass is 15.1. The van der Waals surface area contributed by atoms with E-state index in [-0.39, 0.29) is 0 Å². The van der Waals surface area contributed by atoms with Gasteiger partial charge in [0.1, 0.15) is 0 Å². The Bertz CT molecular complexity index is 140. The Morgan fingerprint density at radius 3 is 3.11 bits per heavy atom. The van der Waals surface area contributed by atoms with Crippen molar-refractivity contribution >= 4 is 0 Å². The fourth-order valence-electron chi connectivity index (χ4n) is 2.06. The van der Waals surface area contributed by atoms with Crippen molar-refractivity contribution in [3.05, 3.63) is 12.3 Å². The Kier molecular flexibility index (Phi) is 1.04. The van der Waals surface area contributed by atoms with E-state index in [1.165, 1.54) is 19.3 Å². The summed E-state index contributed by atoms with van der Waals surface area (Å²) in [4.78, 5) is 2.36. The van der Waals surface area contributed by atoms with E-state index in [0.717, 1.165) is 12.0 Å². The first-order valence-corrected chi connectivity index (χ1v) is 3.78. The van der Waals surface area contributed by atoms with Crippen LogP contribution in [0.4, 0.5) is 0 Å². The SMILES string of the molecule is CN1C=CC2CCCC21. The molecule has 9 heavy (non-hydrogen) atoms. The van der Waals surface area contributed by atoms with Crippen molar-refractivity contribution in [1.29, 1.82) is 0 Å². The van der Waals surface area contributed by atoms with E-state index >= 15 is 0 Å². The van der Waals surface area contributed by atoms with Crippen molar-refractivity contribution in [3.63, 3.8) is 0 Å². The van der Waals surface area contributed by atoms with Crippen LogP contribution in [0, 0.1) is 5.92 Å². The van der Waals surface area contributed by atoms with Gasteiger partial charge in [0, 0.05) is 13.1 Å². The maximum absolute atomic E-state index is 2.36. The molecule has 0 saturated heterocycles. The van der Waals surface area contributed by atoms with Gasteiger partial charge >= 0.3 is 0 Å². The van der Waals surface area contributed by atoms with Crippen LogP contribution in [0.5, 0.6) is 0 Å². The van der Waals surface area contributed by atoms with Crippen LogP contribution in [0.25, 0.3) is 0 Å². The molecule has 2 aliphatic rings. The molecule has 0 aromatic heterocycles. The summed E-state index contributed by atoms with van der Waals surface area (Å²) >= 11 is 0. The molecule has 1 aliphatic heterocycles. The van der Waals surface area contributed by atoms with Crippen molar-refractivity contribution in [2.24, 2.45) is 5.92 Å². The normalized spacial score (nSPS) is 39.9. The molecule has 1 fully saturated rings. The quantitative estimate of drug-likeness (QED) is 0.473. The largest absolute Gasteiger partial charge is 0.377 e. The fourth-order valence-corrected chi connectivity index (χ4v) is 2.06. The summed E-state index contributed by atoms with van der Waals surface area (Å²) in [5.41, 5.74) is 0. The molecule has 2 atom stereocenters. The van der Waals surface area contributed by atoms with E-state index in [4.69, 9.17) is 0 Å². The molecule has 0 spiro atoms. The van der Waals surface area contributed by atoms with Gasteiger partial charge in [0.25, 0.3) is 0 Å². The molecule has 1 aliphatic carbocycles. The predicted molar refractivity (Wildman–Crippen MR) is 38.0 cm³/mol. The van der Waals surface area contributed by atoms with Crippen molar-refractivity contribution in [1.82, 2.24) is 4.90 Å². The molecule has 2 unspecified atom stereocenters. The van der Waals surface area contributed by atoms with Crippen LogP contribution >= 0.6 is 0 Å². The molecule has 0 radical (unpaired) electrons. The lowest BCUT2D eigenvalue weighted by Gasteiger charge is -2.19. The molecule has 1 saturated carbocycles. The van der Waals surface area contributed by atoms with Gasteiger partial charge in [-0.1, -0.05) is 12.5 Å². The summed E-state index contributed by atoms with van der Waals surface area (Å²) in [5.74, 6) is 0.898. The minimum Gasteiger partial charge on any atom is -0.377 e. The third-order valence-corrected chi connectivity index (χ3v) is 2.62. The maximum atomic E-state index is 2.36. The average Bonchev–Trinajstić information content (AvgIpc) is 2.35. The van der Waals surface area contributed by atoms with Gasteiger partial charge in [0.2, 0.25) is 0 Å². The van der Waals surface area contributed by atoms with E-state index in [1.54, 1.807) is 0 Å². The second-order valence-corrected chi connectivity index (χ2v) is 3.17. The van der Waals surface area contributed by atoms with Crippen molar-refractivity contribution in [2.45, 2.75) is 25.3 Å². The van der Waals surface area contributed by atoms with Gasteiger partial charge in [-0.2, -0.15) is 0 Å². The molecule has 1 heterocycles. The first kappa shape index (κ1) is 5.33. The lowest BCUT2D eigenvalue weighted by molar-refractivity contribution is 0.328. The Morgan fingerprint density at radius 2 is 2.33 bits per heavy atom. The Hall–Kier alpha value is -0.460. The molecule has 0 amide bonds. The molecule has 0 N–H and O–H groups in total. The zero-order valence-corrected chi connectivity index (χ0v) is 5.88. The zero-order valence-electron chi connectivity index (χ0n) is 5.88. The summed E-state index contributed by atoms with van der Waals surface area (Å²) < 4.78 is 0. The average molecular weight is 123 g/mol. The second kappa shape index (κ2) is 1.76. The van der Waals surface area contributed by atoms with E-state index in [0.29, 0.717) is 0 Å². The minimum atomic E-state index is 0.866. The standard InChI is InChI=1S/C8H13N/c1-9-6-5-7-3-2-4-8(7)9/h5-8H,2-4H2,1H3. The molecule has 0 aromatic carbocycles. The Balaban J connectivity index is 2.15. The number of nitrogens with zero attached hydrogens (tertiary/aromatic N) is 1. The van der Waals surface area contributed by atoms with Gasteiger partial charge in [0.05, 0.1) is 0 Å². The van der Waals surface area contributed by atoms with Crippen LogP contribution in [0.2, 0.25) is 0 Å².